The second-order valence-corrected chi connectivity index (χ2v) is 6.11. The lowest BCUT2D eigenvalue weighted by molar-refractivity contribution is -0.146. The molecule has 112 valence electrons. The van der Waals surface area contributed by atoms with Crippen molar-refractivity contribution in [3.05, 3.63) is 29.3 Å². The van der Waals surface area contributed by atoms with Crippen molar-refractivity contribution in [3.63, 3.8) is 0 Å². The van der Waals surface area contributed by atoms with Crippen LogP contribution in [-0.4, -0.2) is 43.1 Å². The third kappa shape index (κ3) is 4.66. The van der Waals surface area contributed by atoms with Crippen LogP contribution >= 0.6 is 11.6 Å². The topological polar surface area (TPSA) is 74.7 Å². The van der Waals surface area contributed by atoms with E-state index in [1.54, 1.807) is 0 Å². The van der Waals surface area contributed by atoms with Crippen LogP contribution in [0.2, 0.25) is 5.02 Å². The average Bonchev–Trinajstić information content (AvgIpc) is 2.26. The molecule has 0 unspecified atom stereocenters. The number of aliphatic carboxylic acids is 1. The molecule has 0 aliphatic rings. The van der Waals surface area contributed by atoms with E-state index >= 15 is 0 Å². The molecule has 0 aliphatic carbocycles. The number of benzene rings is 1. The first-order valence-electron chi connectivity index (χ1n) is 5.06. The molecule has 0 saturated heterocycles. The Hall–Kier alpha value is -1.32. The van der Waals surface area contributed by atoms with E-state index in [9.17, 15) is 26.4 Å². The lowest BCUT2D eigenvalue weighted by atomic mass is 10.4. The molecule has 0 fully saturated rings. The fourth-order valence-corrected chi connectivity index (χ4v) is 2.83. The van der Waals surface area contributed by atoms with Gasteiger partial charge in [-0.15, -0.1) is 0 Å². The van der Waals surface area contributed by atoms with Crippen molar-refractivity contribution in [2.45, 2.75) is 11.1 Å². The Morgan fingerprint density at radius 2 is 1.75 bits per heavy atom. The van der Waals surface area contributed by atoms with Crippen LogP contribution in [0.3, 0.4) is 0 Å². The van der Waals surface area contributed by atoms with E-state index in [0.717, 1.165) is 12.1 Å². The minimum atomic E-state index is -4.85. The first-order chi connectivity index (χ1) is 9.02. The molecular weight excluding hydrogens is 323 g/mol. The van der Waals surface area contributed by atoms with Crippen LogP contribution in [0.15, 0.2) is 29.2 Å². The number of nitrogens with zero attached hydrogens (tertiary/aromatic N) is 1. The molecule has 20 heavy (non-hydrogen) atoms. The van der Waals surface area contributed by atoms with Gasteiger partial charge in [0.25, 0.3) is 0 Å². The largest absolute Gasteiger partial charge is 0.480 e. The summed E-state index contributed by atoms with van der Waals surface area (Å²) < 4.78 is 60.8. The van der Waals surface area contributed by atoms with E-state index < -0.39 is 40.2 Å². The van der Waals surface area contributed by atoms with Gasteiger partial charge in [-0.05, 0) is 24.3 Å². The van der Waals surface area contributed by atoms with Crippen LogP contribution in [-0.2, 0) is 14.8 Å². The zero-order valence-corrected chi connectivity index (χ0v) is 11.3. The molecule has 0 spiro atoms. The zero-order valence-electron chi connectivity index (χ0n) is 9.76. The minimum absolute atomic E-state index is 0.154. The third-order valence-corrected chi connectivity index (χ3v) is 4.18. The number of carboxylic acids is 1. The van der Waals surface area contributed by atoms with Gasteiger partial charge in [-0.2, -0.15) is 17.5 Å². The van der Waals surface area contributed by atoms with E-state index in [0.29, 0.717) is 0 Å². The highest BCUT2D eigenvalue weighted by molar-refractivity contribution is 7.89. The smallest absolute Gasteiger partial charge is 0.402 e. The fraction of sp³-hybridized carbons (Fsp3) is 0.300. The van der Waals surface area contributed by atoms with Gasteiger partial charge in [-0.25, -0.2) is 8.42 Å². The molecule has 0 atom stereocenters. The predicted molar refractivity (Wildman–Crippen MR) is 63.9 cm³/mol. The van der Waals surface area contributed by atoms with Crippen molar-refractivity contribution in [1.82, 2.24) is 4.31 Å². The summed E-state index contributed by atoms with van der Waals surface area (Å²) in [5.74, 6) is -1.69. The molecule has 10 heteroatoms. The van der Waals surface area contributed by atoms with E-state index in [1.165, 1.54) is 12.1 Å². The van der Waals surface area contributed by atoms with Gasteiger partial charge in [0.15, 0.2) is 0 Å². The summed E-state index contributed by atoms with van der Waals surface area (Å²) in [6, 6.07) is 4.37. The maximum absolute atomic E-state index is 12.3. The summed E-state index contributed by atoms with van der Waals surface area (Å²) in [5, 5.41) is 8.74. The molecule has 1 aromatic carbocycles. The maximum Gasteiger partial charge on any atom is 0.402 e. The van der Waals surface area contributed by atoms with Crippen LogP contribution in [0, 0.1) is 0 Å². The van der Waals surface area contributed by atoms with Crippen molar-refractivity contribution < 1.29 is 31.5 Å². The van der Waals surface area contributed by atoms with E-state index in [4.69, 9.17) is 16.7 Å². The SMILES string of the molecule is O=C(O)CN(CC(F)(F)F)S(=O)(=O)c1ccc(Cl)cc1. The monoisotopic (exact) mass is 331 g/mol. The molecule has 1 aromatic rings. The molecule has 0 bridgehead atoms. The molecule has 1 rings (SSSR count). The lowest BCUT2D eigenvalue weighted by Crippen LogP contribution is -2.41. The van der Waals surface area contributed by atoms with Crippen molar-refractivity contribution in [2.75, 3.05) is 13.1 Å². The number of carboxylic acid groups (broad SMARTS) is 1. The summed E-state index contributed by atoms with van der Waals surface area (Å²) in [5.41, 5.74) is 0. The number of sulfonamides is 1. The molecule has 0 aromatic heterocycles. The Morgan fingerprint density at radius 1 is 1.25 bits per heavy atom. The standard InChI is InChI=1S/C10H9ClF3NO4S/c11-7-1-3-8(4-2-7)20(18,19)15(5-9(16)17)6-10(12,13)14/h1-4H,5-6H2,(H,16,17). The van der Waals surface area contributed by atoms with Gasteiger partial charge in [-0.3, -0.25) is 4.79 Å². The number of rotatable bonds is 5. The highest BCUT2D eigenvalue weighted by Crippen LogP contribution is 2.23. The van der Waals surface area contributed by atoms with Gasteiger partial charge in [-0.1, -0.05) is 11.6 Å². The third-order valence-electron chi connectivity index (χ3n) is 2.12. The van der Waals surface area contributed by atoms with Crippen molar-refractivity contribution in [2.24, 2.45) is 0 Å². The van der Waals surface area contributed by atoms with Crippen molar-refractivity contribution >= 4 is 27.6 Å². The maximum atomic E-state index is 12.3. The Bertz CT molecular complexity index is 586. The van der Waals surface area contributed by atoms with E-state index in [2.05, 4.69) is 0 Å². The molecule has 0 amide bonds. The normalized spacial score (nSPS) is 12.7. The lowest BCUT2D eigenvalue weighted by Gasteiger charge is -2.21. The Morgan fingerprint density at radius 3 is 2.15 bits per heavy atom. The molecule has 1 N–H and O–H groups in total. The van der Waals surface area contributed by atoms with Crippen LogP contribution in [0.1, 0.15) is 0 Å². The number of hydrogen-bond acceptors (Lipinski definition) is 3. The van der Waals surface area contributed by atoms with E-state index in [-0.39, 0.29) is 9.33 Å². The van der Waals surface area contributed by atoms with Gasteiger partial charge in [0.2, 0.25) is 10.0 Å². The number of alkyl halides is 3. The van der Waals surface area contributed by atoms with E-state index in [1.807, 2.05) is 0 Å². The summed E-state index contributed by atoms with van der Waals surface area (Å²) >= 11 is 5.55. The van der Waals surface area contributed by atoms with Gasteiger partial charge < -0.3 is 5.11 Å². The highest BCUT2D eigenvalue weighted by Gasteiger charge is 2.38. The Balaban J connectivity index is 3.16. The first-order valence-corrected chi connectivity index (χ1v) is 6.88. The molecule has 0 radical (unpaired) electrons. The summed E-state index contributed by atoms with van der Waals surface area (Å²) in [6.07, 6.45) is -4.85. The second-order valence-electron chi connectivity index (χ2n) is 3.74. The summed E-state index contributed by atoms with van der Waals surface area (Å²) in [4.78, 5) is 10.1. The Kier molecular flexibility index (Phi) is 5.00. The van der Waals surface area contributed by atoms with Crippen LogP contribution < -0.4 is 0 Å². The number of hydrogen-bond donors (Lipinski definition) is 1. The molecule has 0 heterocycles. The minimum Gasteiger partial charge on any atom is -0.480 e. The summed E-state index contributed by atoms with van der Waals surface area (Å²) in [7, 11) is -4.57. The summed E-state index contributed by atoms with van der Waals surface area (Å²) in [6.45, 7) is -3.17. The molecule has 0 aliphatic heterocycles. The number of halogens is 4. The van der Waals surface area contributed by atoms with Gasteiger partial charge in [0.05, 0.1) is 4.90 Å². The van der Waals surface area contributed by atoms with Crippen LogP contribution in [0.25, 0.3) is 0 Å². The van der Waals surface area contributed by atoms with Crippen molar-refractivity contribution in [3.8, 4) is 0 Å². The zero-order chi connectivity index (χ0) is 15.6. The Labute approximate surface area is 117 Å². The quantitative estimate of drug-likeness (QED) is 0.895. The first kappa shape index (κ1) is 16.7. The number of carbonyl (C=O) groups is 1. The van der Waals surface area contributed by atoms with Crippen LogP contribution in [0.4, 0.5) is 13.2 Å². The fourth-order valence-electron chi connectivity index (χ4n) is 1.33. The highest BCUT2D eigenvalue weighted by atomic mass is 35.5. The predicted octanol–water partition coefficient (Wildman–Crippen LogP) is 1.98. The van der Waals surface area contributed by atoms with Gasteiger partial charge in [0.1, 0.15) is 13.1 Å². The van der Waals surface area contributed by atoms with Crippen molar-refractivity contribution in [1.29, 1.82) is 0 Å². The van der Waals surface area contributed by atoms with Gasteiger partial charge in [0, 0.05) is 5.02 Å². The molecular formula is C10H9ClF3NO4S. The van der Waals surface area contributed by atoms with Gasteiger partial charge >= 0.3 is 12.1 Å². The van der Waals surface area contributed by atoms with Crippen LogP contribution in [0.5, 0.6) is 0 Å². The molecule has 0 saturated carbocycles. The molecule has 5 nitrogen and oxygen atoms in total. The average molecular weight is 332 g/mol. The second kappa shape index (κ2) is 5.98.